The number of H-pyrrole nitrogens is 1. The van der Waals surface area contributed by atoms with E-state index in [1.54, 1.807) is 5.51 Å². The summed E-state index contributed by atoms with van der Waals surface area (Å²) in [5.74, 6) is 0.0553. The van der Waals surface area contributed by atoms with Crippen molar-refractivity contribution < 1.29 is 4.79 Å². The van der Waals surface area contributed by atoms with Crippen molar-refractivity contribution in [1.29, 1.82) is 0 Å². The van der Waals surface area contributed by atoms with Crippen molar-refractivity contribution in [3.8, 4) is 0 Å². The van der Waals surface area contributed by atoms with E-state index < -0.39 is 0 Å². The Morgan fingerprint density at radius 2 is 2.04 bits per heavy atom. The van der Waals surface area contributed by atoms with Crippen molar-refractivity contribution >= 4 is 28.3 Å². The molecule has 24 heavy (non-hydrogen) atoms. The van der Waals surface area contributed by atoms with E-state index in [-0.39, 0.29) is 17.6 Å². The molecule has 7 heteroatoms. The maximum Gasteiger partial charge on any atom is 0.326 e. The first-order valence-corrected chi connectivity index (χ1v) is 8.91. The number of piperidine rings is 1. The van der Waals surface area contributed by atoms with Gasteiger partial charge in [0.25, 0.3) is 5.91 Å². The Balaban J connectivity index is 1.54. The second kappa shape index (κ2) is 5.90. The molecule has 0 radical (unpaired) electrons. The summed E-state index contributed by atoms with van der Waals surface area (Å²) in [6, 6.07) is 7.86. The molecule has 6 nitrogen and oxygen atoms in total. The zero-order chi connectivity index (χ0) is 16.7. The normalized spacial score (nSPS) is 16.0. The van der Waals surface area contributed by atoms with Gasteiger partial charge < -0.3 is 9.88 Å². The predicted octanol–water partition coefficient (Wildman–Crippen LogP) is 2.57. The van der Waals surface area contributed by atoms with Crippen molar-refractivity contribution in [2.45, 2.75) is 25.8 Å². The summed E-state index contributed by atoms with van der Waals surface area (Å²) in [5.41, 5.74) is 4.23. The van der Waals surface area contributed by atoms with Crippen LogP contribution in [0.25, 0.3) is 11.0 Å². The molecule has 1 fully saturated rings. The Kier molecular flexibility index (Phi) is 3.72. The number of hydrogen-bond donors (Lipinski definition) is 1. The monoisotopic (exact) mass is 342 g/mol. The van der Waals surface area contributed by atoms with Crippen LogP contribution in [0.5, 0.6) is 0 Å². The number of para-hydroxylation sites is 2. The third-order valence-electron chi connectivity index (χ3n) is 4.68. The Labute approximate surface area is 142 Å². The van der Waals surface area contributed by atoms with Crippen molar-refractivity contribution in [3.63, 3.8) is 0 Å². The molecule has 2 aromatic heterocycles. The van der Waals surface area contributed by atoms with Gasteiger partial charge in [-0.1, -0.05) is 12.1 Å². The van der Waals surface area contributed by atoms with Gasteiger partial charge in [-0.3, -0.25) is 9.36 Å². The topological polar surface area (TPSA) is 71.0 Å². The number of carbonyl (C=O) groups excluding carboxylic acids is 1. The summed E-state index contributed by atoms with van der Waals surface area (Å²) in [6.07, 6.45) is 1.57. The SMILES string of the molecule is Cc1ncsc1C(=O)N1CCC(n2c(=O)[nH]c3ccccc32)CC1. The number of amides is 1. The number of nitrogens with zero attached hydrogens (tertiary/aromatic N) is 3. The molecule has 1 aliphatic heterocycles. The number of fused-ring (bicyclic) bond motifs is 1. The average Bonchev–Trinajstić information content (AvgIpc) is 3.16. The minimum atomic E-state index is -0.0701. The molecular weight excluding hydrogens is 324 g/mol. The van der Waals surface area contributed by atoms with Crippen molar-refractivity contribution in [1.82, 2.24) is 19.4 Å². The highest BCUT2D eigenvalue weighted by molar-refractivity contribution is 7.11. The van der Waals surface area contributed by atoms with Gasteiger partial charge in [0, 0.05) is 19.1 Å². The van der Waals surface area contributed by atoms with Crippen molar-refractivity contribution in [2.24, 2.45) is 0 Å². The molecule has 0 aliphatic carbocycles. The van der Waals surface area contributed by atoms with Crippen molar-refractivity contribution in [3.05, 3.63) is 50.8 Å². The number of hydrogen-bond acceptors (Lipinski definition) is 4. The number of rotatable bonds is 2. The van der Waals surface area contributed by atoms with Crippen LogP contribution < -0.4 is 5.69 Å². The molecule has 1 N–H and O–H groups in total. The van der Waals surface area contributed by atoms with E-state index in [9.17, 15) is 9.59 Å². The van der Waals surface area contributed by atoms with Gasteiger partial charge in [0.2, 0.25) is 0 Å². The van der Waals surface area contributed by atoms with Crippen LogP contribution >= 0.6 is 11.3 Å². The molecule has 4 rings (SSSR count). The first kappa shape index (κ1) is 15.1. The zero-order valence-corrected chi connectivity index (χ0v) is 14.2. The lowest BCUT2D eigenvalue weighted by Crippen LogP contribution is -2.40. The number of aromatic nitrogens is 3. The summed E-state index contributed by atoms with van der Waals surface area (Å²) < 4.78 is 1.84. The zero-order valence-electron chi connectivity index (χ0n) is 13.4. The average molecular weight is 342 g/mol. The number of aryl methyl sites for hydroxylation is 1. The fourth-order valence-corrected chi connectivity index (χ4v) is 4.18. The molecule has 1 saturated heterocycles. The van der Waals surface area contributed by atoms with Crippen LogP contribution in [-0.4, -0.2) is 38.4 Å². The molecule has 1 aliphatic rings. The molecule has 1 amide bonds. The quantitative estimate of drug-likeness (QED) is 0.778. The highest BCUT2D eigenvalue weighted by atomic mass is 32.1. The molecule has 0 unspecified atom stereocenters. The second-order valence-electron chi connectivity index (χ2n) is 6.11. The van der Waals surface area contributed by atoms with Gasteiger partial charge in [-0.2, -0.15) is 0 Å². The van der Waals surface area contributed by atoms with Gasteiger partial charge in [-0.25, -0.2) is 9.78 Å². The Morgan fingerprint density at radius 1 is 1.29 bits per heavy atom. The molecule has 0 bridgehead atoms. The second-order valence-corrected chi connectivity index (χ2v) is 6.96. The van der Waals surface area contributed by atoms with Crippen LogP contribution in [0.15, 0.2) is 34.6 Å². The van der Waals surface area contributed by atoms with Crippen molar-refractivity contribution in [2.75, 3.05) is 13.1 Å². The third kappa shape index (κ3) is 2.45. The van der Waals surface area contributed by atoms with Crippen LogP contribution in [0.3, 0.4) is 0 Å². The number of aromatic amines is 1. The van der Waals surface area contributed by atoms with Crippen LogP contribution in [-0.2, 0) is 0 Å². The lowest BCUT2D eigenvalue weighted by Gasteiger charge is -2.32. The molecule has 124 valence electrons. The van der Waals surface area contributed by atoms with E-state index in [4.69, 9.17) is 0 Å². The lowest BCUT2D eigenvalue weighted by atomic mass is 10.0. The number of likely N-dealkylation sites (tertiary alicyclic amines) is 1. The highest BCUT2D eigenvalue weighted by Crippen LogP contribution is 2.26. The summed E-state index contributed by atoms with van der Waals surface area (Å²) in [4.78, 5) is 34.5. The lowest BCUT2D eigenvalue weighted by molar-refractivity contribution is 0.0699. The number of thiazole rings is 1. The molecule has 0 saturated carbocycles. The van der Waals surface area contributed by atoms with E-state index >= 15 is 0 Å². The Bertz CT molecular complexity index is 947. The fraction of sp³-hybridized carbons (Fsp3) is 0.353. The largest absolute Gasteiger partial charge is 0.338 e. The van der Waals surface area contributed by atoms with E-state index in [0.29, 0.717) is 13.1 Å². The van der Waals surface area contributed by atoms with E-state index in [1.165, 1.54) is 11.3 Å². The summed E-state index contributed by atoms with van der Waals surface area (Å²) >= 11 is 1.39. The first-order valence-electron chi connectivity index (χ1n) is 8.04. The minimum absolute atomic E-state index is 0.0553. The Morgan fingerprint density at radius 3 is 2.75 bits per heavy atom. The Hall–Kier alpha value is -2.41. The van der Waals surface area contributed by atoms with E-state index in [2.05, 4.69) is 9.97 Å². The molecule has 1 aromatic carbocycles. The van der Waals surface area contributed by atoms with Crippen LogP contribution in [0.4, 0.5) is 0 Å². The van der Waals surface area contributed by atoms with Crippen LogP contribution in [0.1, 0.15) is 34.2 Å². The van der Waals surface area contributed by atoms with Gasteiger partial charge in [-0.15, -0.1) is 11.3 Å². The molecule has 3 heterocycles. The number of benzene rings is 1. The van der Waals surface area contributed by atoms with Gasteiger partial charge in [0.1, 0.15) is 4.88 Å². The summed E-state index contributed by atoms with van der Waals surface area (Å²) in [6.45, 7) is 3.18. The van der Waals surface area contributed by atoms with E-state index in [0.717, 1.165) is 34.4 Å². The van der Waals surface area contributed by atoms with Gasteiger partial charge in [0.15, 0.2) is 0 Å². The molecule has 3 aromatic rings. The highest BCUT2D eigenvalue weighted by Gasteiger charge is 2.27. The fourth-order valence-electron chi connectivity index (χ4n) is 3.41. The van der Waals surface area contributed by atoms with Crippen LogP contribution in [0.2, 0.25) is 0 Å². The molecule has 0 atom stereocenters. The number of nitrogens with one attached hydrogen (secondary N) is 1. The first-order chi connectivity index (χ1) is 11.6. The maximum atomic E-state index is 12.6. The minimum Gasteiger partial charge on any atom is -0.338 e. The van der Waals surface area contributed by atoms with Gasteiger partial charge in [-0.05, 0) is 31.9 Å². The third-order valence-corrected chi connectivity index (χ3v) is 5.60. The number of imidazole rings is 1. The molecule has 0 spiro atoms. The van der Waals surface area contributed by atoms with Crippen LogP contribution in [0, 0.1) is 6.92 Å². The summed E-state index contributed by atoms with van der Waals surface area (Å²) in [7, 11) is 0. The van der Waals surface area contributed by atoms with E-state index in [1.807, 2.05) is 40.7 Å². The number of carbonyl (C=O) groups is 1. The standard InChI is InChI=1S/C17H18N4O2S/c1-11-15(24-10-18-11)16(22)20-8-6-12(7-9-20)21-14-5-3-2-4-13(14)19-17(21)23/h2-5,10,12H,6-9H2,1H3,(H,19,23). The summed E-state index contributed by atoms with van der Waals surface area (Å²) in [5, 5.41) is 0. The maximum absolute atomic E-state index is 12.6. The van der Waals surface area contributed by atoms with Gasteiger partial charge in [0.05, 0.1) is 22.2 Å². The predicted molar refractivity (Wildman–Crippen MR) is 93.6 cm³/mol. The smallest absolute Gasteiger partial charge is 0.326 e. The van der Waals surface area contributed by atoms with Gasteiger partial charge >= 0.3 is 5.69 Å². The molecular formula is C17H18N4O2S.